The van der Waals surface area contributed by atoms with Crippen LogP contribution in [0.2, 0.25) is 0 Å². The number of H-pyrrole nitrogens is 1. The predicted molar refractivity (Wildman–Crippen MR) is 78.8 cm³/mol. The lowest BCUT2D eigenvalue weighted by molar-refractivity contribution is -0.115. The van der Waals surface area contributed by atoms with Gasteiger partial charge in [0.25, 0.3) is 0 Å². The van der Waals surface area contributed by atoms with E-state index in [-0.39, 0.29) is 5.91 Å². The van der Waals surface area contributed by atoms with Crippen LogP contribution in [0.25, 0.3) is 0 Å². The van der Waals surface area contributed by atoms with Crippen molar-refractivity contribution in [3.05, 3.63) is 46.6 Å². The van der Waals surface area contributed by atoms with E-state index >= 15 is 0 Å². The zero-order valence-corrected chi connectivity index (χ0v) is 11.7. The first-order valence-corrected chi connectivity index (χ1v) is 7.19. The molecule has 4 heteroatoms. The summed E-state index contributed by atoms with van der Waals surface area (Å²) >= 11 is 0. The summed E-state index contributed by atoms with van der Waals surface area (Å²) in [7, 11) is 0. The summed E-state index contributed by atoms with van der Waals surface area (Å²) in [5, 5.41) is 9.79. The molecule has 0 bridgehead atoms. The number of hydrogen-bond donors (Lipinski definition) is 2. The van der Waals surface area contributed by atoms with Gasteiger partial charge in [-0.1, -0.05) is 25.1 Å². The number of benzene rings is 1. The van der Waals surface area contributed by atoms with Crippen LogP contribution < -0.4 is 5.32 Å². The Bertz CT molecular complexity index is 630. The first-order valence-electron chi connectivity index (χ1n) is 7.19. The molecule has 1 aromatic heterocycles. The summed E-state index contributed by atoms with van der Waals surface area (Å²) < 4.78 is 0. The highest BCUT2D eigenvalue weighted by Crippen LogP contribution is 2.23. The number of aromatic amines is 1. The number of nitrogens with one attached hydrogen (secondary N) is 2. The van der Waals surface area contributed by atoms with E-state index in [1.165, 1.54) is 24.0 Å². The largest absolute Gasteiger partial charge is 0.309 e. The van der Waals surface area contributed by atoms with Gasteiger partial charge in [0.2, 0.25) is 5.91 Å². The molecule has 0 atom stereocenters. The Kier molecular flexibility index (Phi) is 3.54. The quantitative estimate of drug-likeness (QED) is 0.896. The van der Waals surface area contributed by atoms with Crippen molar-refractivity contribution in [2.75, 3.05) is 5.32 Å². The Morgan fingerprint density at radius 2 is 2.15 bits per heavy atom. The van der Waals surface area contributed by atoms with E-state index in [9.17, 15) is 4.79 Å². The van der Waals surface area contributed by atoms with Crippen LogP contribution >= 0.6 is 0 Å². The molecule has 3 rings (SSSR count). The zero-order valence-electron chi connectivity index (χ0n) is 11.7. The number of rotatable bonds is 4. The van der Waals surface area contributed by atoms with Gasteiger partial charge in [0.1, 0.15) is 0 Å². The maximum atomic E-state index is 12.0. The van der Waals surface area contributed by atoms with Crippen molar-refractivity contribution in [3.63, 3.8) is 0 Å². The van der Waals surface area contributed by atoms with Gasteiger partial charge in [-0.15, -0.1) is 0 Å². The van der Waals surface area contributed by atoms with E-state index in [2.05, 4.69) is 33.7 Å². The summed E-state index contributed by atoms with van der Waals surface area (Å²) in [6.45, 7) is 2.05. The molecule has 20 heavy (non-hydrogen) atoms. The lowest BCUT2D eigenvalue weighted by Crippen LogP contribution is -2.14. The number of fused-ring (bicyclic) bond motifs is 1. The summed E-state index contributed by atoms with van der Waals surface area (Å²) in [5.41, 5.74) is 4.95. The second kappa shape index (κ2) is 5.49. The van der Waals surface area contributed by atoms with Crippen LogP contribution in [-0.2, 0) is 30.5 Å². The van der Waals surface area contributed by atoms with Gasteiger partial charge >= 0.3 is 0 Å². The van der Waals surface area contributed by atoms with E-state index in [0.29, 0.717) is 12.2 Å². The van der Waals surface area contributed by atoms with Crippen molar-refractivity contribution in [2.24, 2.45) is 0 Å². The molecule has 0 saturated heterocycles. The average Bonchev–Trinajstić information content (AvgIpc) is 3.06. The average molecular weight is 269 g/mol. The van der Waals surface area contributed by atoms with Crippen LogP contribution in [0.4, 0.5) is 5.82 Å². The molecule has 2 N–H and O–H groups in total. The third-order valence-electron chi connectivity index (χ3n) is 3.81. The number of carbonyl (C=O) groups excluding carboxylic acids is 1. The third-order valence-corrected chi connectivity index (χ3v) is 3.81. The second-order valence-electron chi connectivity index (χ2n) is 5.31. The van der Waals surface area contributed by atoms with Gasteiger partial charge in [0.05, 0.1) is 6.42 Å². The first-order chi connectivity index (χ1) is 9.74. The third kappa shape index (κ3) is 2.74. The van der Waals surface area contributed by atoms with Crippen LogP contribution in [0.15, 0.2) is 24.3 Å². The molecule has 2 aromatic rings. The van der Waals surface area contributed by atoms with E-state index in [4.69, 9.17) is 0 Å². The van der Waals surface area contributed by atoms with Crippen LogP contribution in [0.5, 0.6) is 0 Å². The van der Waals surface area contributed by atoms with Crippen molar-refractivity contribution < 1.29 is 4.79 Å². The highest BCUT2D eigenvalue weighted by molar-refractivity contribution is 5.91. The van der Waals surface area contributed by atoms with Crippen molar-refractivity contribution in [2.45, 2.75) is 39.0 Å². The Hall–Kier alpha value is -2.10. The fourth-order valence-corrected chi connectivity index (χ4v) is 2.71. The number of hydrogen-bond acceptors (Lipinski definition) is 2. The van der Waals surface area contributed by atoms with E-state index in [1.54, 1.807) is 0 Å². The normalized spacial score (nSPS) is 13.2. The molecule has 0 fully saturated rings. The van der Waals surface area contributed by atoms with Gasteiger partial charge in [-0.25, -0.2) is 0 Å². The molecule has 0 aliphatic heterocycles. The molecule has 104 valence electrons. The van der Waals surface area contributed by atoms with Crippen LogP contribution in [0.3, 0.4) is 0 Å². The van der Waals surface area contributed by atoms with E-state index in [1.807, 2.05) is 13.0 Å². The molecule has 1 aromatic carbocycles. The Labute approximate surface area is 118 Å². The number of amides is 1. The molecule has 1 aliphatic rings. The Balaban J connectivity index is 1.64. The minimum Gasteiger partial charge on any atom is -0.309 e. The molecular weight excluding hydrogens is 250 g/mol. The lowest BCUT2D eigenvalue weighted by Gasteiger charge is -2.05. The summed E-state index contributed by atoms with van der Waals surface area (Å²) in [4.78, 5) is 12.0. The SMILES string of the molecule is CCc1cc(NC(=O)Cc2ccc3c(c2)CCC3)n[nH]1. The number of nitrogens with zero attached hydrogens (tertiary/aromatic N) is 1. The first kappa shape index (κ1) is 12.9. The maximum absolute atomic E-state index is 12.0. The van der Waals surface area contributed by atoms with E-state index in [0.717, 1.165) is 24.1 Å². The Morgan fingerprint density at radius 3 is 2.95 bits per heavy atom. The molecule has 0 unspecified atom stereocenters. The van der Waals surface area contributed by atoms with Crippen molar-refractivity contribution >= 4 is 11.7 Å². The van der Waals surface area contributed by atoms with Crippen molar-refractivity contribution in [3.8, 4) is 0 Å². The molecule has 1 amide bonds. The van der Waals surface area contributed by atoms with Gasteiger partial charge < -0.3 is 5.32 Å². The van der Waals surface area contributed by atoms with Gasteiger partial charge in [-0.3, -0.25) is 9.89 Å². The van der Waals surface area contributed by atoms with Gasteiger partial charge in [-0.05, 0) is 42.4 Å². The number of aromatic nitrogens is 2. The molecule has 1 aliphatic carbocycles. The molecule has 0 spiro atoms. The summed E-state index contributed by atoms with van der Waals surface area (Å²) in [6.07, 6.45) is 4.84. The standard InChI is InChI=1S/C16H19N3O/c1-2-14-10-15(19-18-14)17-16(20)9-11-6-7-12-4-3-5-13(12)8-11/h6-8,10H,2-5,9H2,1H3,(H2,17,18,19,20). The highest BCUT2D eigenvalue weighted by atomic mass is 16.1. The van der Waals surface area contributed by atoms with Gasteiger partial charge in [0.15, 0.2) is 5.82 Å². The second-order valence-corrected chi connectivity index (χ2v) is 5.31. The van der Waals surface area contributed by atoms with Crippen molar-refractivity contribution in [1.29, 1.82) is 0 Å². The molecule has 1 heterocycles. The van der Waals surface area contributed by atoms with Crippen LogP contribution in [0, 0.1) is 0 Å². The zero-order chi connectivity index (χ0) is 13.9. The van der Waals surface area contributed by atoms with Crippen LogP contribution in [-0.4, -0.2) is 16.1 Å². The van der Waals surface area contributed by atoms with Crippen LogP contribution in [0.1, 0.15) is 35.7 Å². The molecule has 0 saturated carbocycles. The van der Waals surface area contributed by atoms with Gasteiger partial charge in [-0.2, -0.15) is 5.10 Å². The number of carbonyl (C=O) groups is 1. The molecule has 0 radical (unpaired) electrons. The minimum absolute atomic E-state index is 0.0166. The molecular formula is C16H19N3O. The topological polar surface area (TPSA) is 57.8 Å². The van der Waals surface area contributed by atoms with Gasteiger partial charge in [0, 0.05) is 11.8 Å². The minimum atomic E-state index is -0.0166. The monoisotopic (exact) mass is 269 g/mol. The smallest absolute Gasteiger partial charge is 0.229 e. The predicted octanol–water partition coefficient (Wildman–Crippen LogP) is 2.64. The fourth-order valence-electron chi connectivity index (χ4n) is 2.71. The molecule has 4 nitrogen and oxygen atoms in total. The summed E-state index contributed by atoms with van der Waals surface area (Å²) in [6, 6.07) is 8.27. The van der Waals surface area contributed by atoms with Crippen molar-refractivity contribution in [1.82, 2.24) is 10.2 Å². The van der Waals surface area contributed by atoms with E-state index < -0.39 is 0 Å². The number of aryl methyl sites for hydroxylation is 3. The Morgan fingerprint density at radius 1 is 1.30 bits per heavy atom. The lowest BCUT2D eigenvalue weighted by atomic mass is 10.0. The number of anilines is 1. The highest BCUT2D eigenvalue weighted by Gasteiger charge is 2.12. The summed E-state index contributed by atoms with van der Waals surface area (Å²) in [5.74, 6) is 0.588. The maximum Gasteiger partial charge on any atom is 0.229 e. The fraction of sp³-hybridized carbons (Fsp3) is 0.375.